The molecule has 1 aromatic heterocycles. The van der Waals surface area contributed by atoms with Gasteiger partial charge < -0.3 is 20.3 Å². The molecule has 158 valence electrons. The monoisotopic (exact) mass is 407 g/mol. The summed E-state index contributed by atoms with van der Waals surface area (Å²) in [5.74, 6) is 3.08. The molecule has 0 spiro atoms. The third-order valence-electron chi connectivity index (χ3n) is 6.61. The number of nitrogens with zero attached hydrogens (tertiary/aromatic N) is 3. The lowest BCUT2D eigenvalue weighted by molar-refractivity contribution is -0.114. The fourth-order valence-electron chi connectivity index (χ4n) is 4.93. The van der Waals surface area contributed by atoms with Gasteiger partial charge in [-0.2, -0.15) is 0 Å². The van der Waals surface area contributed by atoms with Crippen LogP contribution in [0, 0.1) is 17.8 Å². The summed E-state index contributed by atoms with van der Waals surface area (Å²) in [6.07, 6.45) is 2.43. The van der Waals surface area contributed by atoms with Crippen molar-refractivity contribution >= 4 is 17.4 Å². The lowest BCUT2D eigenvalue weighted by Gasteiger charge is -2.28. The molecule has 1 amide bonds. The van der Waals surface area contributed by atoms with E-state index in [1.54, 1.807) is 0 Å². The largest absolute Gasteiger partial charge is 0.381 e. The molecule has 7 nitrogen and oxygen atoms in total. The maximum Gasteiger partial charge on any atom is 0.221 e. The zero-order valence-electron chi connectivity index (χ0n) is 17.4. The molecule has 2 N–H and O–H groups in total. The normalized spacial score (nSPS) is 26.2. The van der Waals surface area contributed by atoms with Gasteiger partial charge in [0.2, 0.25) is 5.91 Å². The van der Waals surface area contributed by atoms with Crippen LogP contribution in [0.3, 0.4) is 0 Å². The van der Waals surface area contributed by atoms with Crippen molar-refractivity contribution in [2.75, 3.05) is 43.5 Å². The Morgan fingerprint density at radius 1 is 1.07 bits per heavy atom. The zero-order valence-corrected chi connectivity index (χ0v) is 17.4. The Morgan fingerprint density at radius 3 is 2.43 bits per heavy atom. The fourth-order valence-corrected chi connectivity index (χ4v) is 4.93. The van der Waals surface area contributed by atoms with E-state index < -0.39 is 0 Å². The molecule has 7 heteroatoms. The molecule has 0 unspecified atom stereocenters. The van der Waals surface area contributed by atoms with Gasteiger partial charge in [-0.05, 0) is 54.9 Å². The summed E-state index contributed by atoms with van der Waals surface area (Å²) in [6.45, 7) is 7.01. The minimum atomic E-state index is -0.0745. The number of anilines is 2. The van der Waals surface area contributed by atoms with E-state index >= 15 is 0 Å². The van der Waals surface area contributed by atoms with E-state index in [0.29, 0.717) is 6.04 Å². The van der Waals surface area contributed by atoms with Crippen molar-refractivity contribution in [1.82, 2.24) is 15.1 Å². The van der Waals surface area contributed by atoms with Gasteiger partial charge in [0.05, 0.1) is 5.69 Å². The van der Waals surface area contributed by atoms with Gasteiger partial charge in [-0.25, -0.2) is 0 Å². The minimum Gasteiger partial charge on any atom is -0.381 e. The van der Waals surface area contributed by atoms with Crippen molar-refractivity contribution in [2.45, 2.75) is 25.8 Å². The Bertz CT molecular complexity index is 867. The van der Waals surface area contributed by atoms with E-state index in [1.807, 2.05) is 36.4 Å². The lowest BCUT2D eigenvalue weighted by Crippen LogP contribution is -2.34. The summed E-state index contributed by atoms with van der Waals surface area (Å²) in [4.78, 5) is 13.8. The number of fused-ring (bicyclic) bond motifs is 1. The van der Waals surface area contributed by atoms with Gasteiger partial charge in [-0.15, -0.1) is 10.2 Å². The average molecular weight is 408 g/mol. The summed E-state index contributed by atoms with van der Waals surface area (Å²) >= 11 is 0. The molecule has 0 bridgehead atoms. The maximum atomic E-state index is 11.1. The highest BCUT2D eigenvalue weighted by Gasteiger charge is 2.55. The van der Waals surface area contributed by atoms with E-state index in [1.165, 1.54) is 39.4 Å². The van der Waals surface area contributed by atoms with Gasteiger partial charge in [-0.3, -0.25) is 4.79 Å². The number of carbonyl (C=O) groups is 1. The van der Waals surface area contributed by atoms with Crippen molar-refractivity contribution in [1.29, 1.82) is 0 Å². The van der Waals surface area contributed by atoms with Crippen molar-refractivity contribution < 1.29 is 9.53 Å². The standard InChI is InChI=1S/C23H29N5O2/c1-15(29)24-18-4-2-17(3-5-18)21-6-7-22(27-26-21)25-23-19-13-28(14-20(19)23)12-16-8-10-30-11-9-16/h2-7,16,19-20,23H,8-14H2,1H3,(H,24,29)(H,25,27)/t19-,20+,23+. The molecule has 3 aliphatic rings. The summed E-state index contributed by atoms with van der Waals surface area (Å²) in [6, 6.07) is 12.2. The van der Waals surface area contributed by atoms with Crippen LogP contribution in [0.1, 0.15) is 19.8 Å². The average Bonchev–Trinajstić information content (AvgIpc) is 3.19. The molecule has 1 aromatic carbocycles. The molecule has 2 aromatic rings. The quantitative estimate of drug-likeness (QED) is 0.767. The molecule has 2 aliphatic heterocycles. The van der Waals surface area contributed by atoms with Gasteiger partial charge in [0.15, 0.2) is 0 Å². The van der Waals surface area contributed by atoms with Gasteiger partial charge >= 0.3 is 0 Å². The van der Waals surface area contributed by atoms with Crippen molar-refractivity contribution in [3.8, 4) is 11.3 Å². The number of carbonyl (C=O) groups excluding carboxylic acids is 1. The molecule has 2 saturated heterocycles. The van der Waals surface area contributed by atoms with Crippen molar-refractivity contribution in [3.63, 3.8) is 0 Å². The number of piperidine rings is 1. The first kappa shape index (κ1) is 19.5. The van der Waals surface area contributed by atoms with E-state index in [2.05, 4.69) is 25.7 Å². The molecule has 0 radical (unpaired) electrons. The van der Waals surface area contributed by atoms with Crippen molar-refractivity contribution in [3.05, 3.63) is 36.4 Å². The Labute approximate surface area is 177 Å². The van der Waals surface area contributed by atoms with E-state index in [4.69, 9.17) is 4.74 Å². The molecule has 3 atom stereocenters. The predicted molar refractivity (Wildman–Crippen MR) is 116 cm³/mol. The number of hydrogen-bond donors (Lipinski definition) is 2. The second-order valence-electron chi connectivity index (χ2n) is 8.83. The summed E-state index contributed by atoms with van der Waals surface area (Å²) < 4.78 is 5.48. The van der Waals surface area contributed by atoms with Crippen LogP contribution in [0.25, 0.3) is 11.3 Å². The van der Waals surface area contributed by atoms with Crippen LogP contribution in [0.2, 0.25) is 0 Å². The van der Waals surface area contributed by atoms with Crippen LogP contribution in [0.15, 0.2) is 36.4 Å². The third-order valence-corrected chi connectivity index (χ3v) is 6.61. The van der Waals surface area contributed by atoms with Crippen LogP contribution in [-0.4, -0.2) is 59.9 Å². The van der Waals surface area contributed by atoms with Gasteiger partial charge in [-0.1, -0.05) is 12.1 Å². The molecule has 5 rings (SSSR count). The van der Waals surface area contributed by atoms with Crippen molar-refractivity contribution in [2.24, 2.45) is 17.8 Å². The molecule has 3 heterocycles. The Balaban J connectivity index is 1.11. The third kappa shape index (κ3) is 4.32. The Hall–Kier alpha value is -2.51. The first-order valence-electron chi connectivity index (χ1n) is 10.9. The SMILES string of the molecule is CC(=O)Nc1ccc(-c2ccc(N[C@H]3[C@@H]4CN(CC5CCOCC5)C[C@@H]43)nn2)cc1. The molecular formula is C23H29N5O2. The Kier molecular flexibility index (Phi) is 5.39. The van der Waals surface area contributed by atoms with Crippen LogP contribution < -0.4 is 10.6 Å². The summed E-state index contributed by atoms with van der Waals surface area (Å²) in [5, 5.41) is 15.1. The summed E-state index contributed by atoms with van der Waals surface area (Å²) in [5.41, 5.74) is 2.59. The number of amides is 1. The second kappa shape index (κ2) is 8.32. The predicted octanol–water partition coefficient (Wildman–Crippen LogP) is 2.87. The zero-order chi connectivity index (χ0) is 20.5. The highest BCUT2D eigenvalue weighted by atomic mass is 16.5. The molecule has 30 heavy (non-hydrogen) atoms. The van der Waals surface area contributed by atoms with Gasteiger partial charge in [0, 0.05) is 57.1 Å². The number of hydrogen-bond acceptors (Lipinski definition) is 6. The number of likely N-dealkylation sites (tertiary alicyclic amines) is 1. The lowest BCUT2D eigenvalue weighted by atomic mass is 10.00. The summed E-state index contributed by atoms with van der Waals surface area (Å²) in [7, 11) is 0. The van der Waals surface area contributed by atoms with Crippen LogP contribution in [0.5, 0.6) is 0 Å². The molecule has 3 fully saturated rings. The maximum absolute atomic E-state index is 11.1. The highest BCUT2D eigenvalue weighted by Crippen LogP contribution is 2.47. The highest BCUT2D eigenvalue weighted by molar-refractivity contribution is 5.88. The van der Waals surface area contributed by atoms with Gasteiger partial charge in [0.1, 0.15) is 5.82 Å². The number of ether oxygens (including phenoxy) is 1. The molecule has 1 aliphatic carbocycles. The topological polar surface area (TPSA) is 79.4 Å². The second-order valence-corrected chi connectivity index (χ2v) is 8.83. The van der Waals surface area contributed by atoms with E-state index in [0.717, 1.165) is 53.7 Å². The number of rotatable bonds is 6. The fraction of sp³-hybridized carbons (Fsp3) is 0.522. The Morgan fingerprint density at radius 2 is 1.80 bits per heavy atom. The minimum absolute atomic E-state index is 0.0745. The van der Waals surface area contributed by atoms with Crippen LogP contribution in [-0.2, 0) is 9.53 Å². The molecular weight excluding hydrogens is 378 g/mol. The van der Waals surface area contributed by atoms with Crippen LogP contribution >= 0.6 is 0 Å². The van der Waals surface area contributed by atoms with Crippen LogP contribution in [0.4, 0.5) is 11.5 Å². The van der Waals surface area contributed by atoms with E-state index in [-0.39, 0.29) is 5.91 Å². The first-order chi connectivity index (χ1) is 14.7. The molecule has 1 saturated carbocycles. The first-order valence-corrected chi connectivity index (χ1v) is 10.9. The number of nitrogens with one attached hydrogen (secondary N) is 2. The smallest absolute Gasteiger partial charge is 0.221 e. The number of benzene rings is 1. The van der Waals surface area contributed by atoms with E-state index in [9.17, 15) is 4.79 Å². The van der Waals surface area contributed by atoms with Gasteiger partial charge in [0.25, 0.3) is 0 Å². The number of aromatic nitrogens is 2.